The first-order valence-electron chi connectivity index (χ1n) is 4.84. The summed E-state index contributed by atoms with van der Waals surface area (Å²) < 4.78 is 5.15. The van der Waals surface area contributed by atoms with Gasteiger partial charge in [0.15, 0.2) is 0 Å². The molecule has 0 spiro atoms. The number of hydrogen-bond acceptors (Lipinski definition) is 4. The molecular formula is C9H16N2O4. The lowest BCUT2D eigenvalue weighted by Gasteiger charge is -2.17. The molecule has 0 aromatic rings. The van der Waals surface area contributed by atoms with Crippen molar-refractivity contribution in [3.8, 4) is 0 Å². The van der Waals surface area contributed by atoms with Crippen LogP contribution in [0.4, 0.5) is 0 Å². The van der Waals surface area contributed by atoms with Crippen molar-refractivity contribution in [2.45, 2.75) is 19.0 Å². The van der Waals surface area contributed by atoms with Gasteiger partial charge in [-0.1, -0.05) is 0 Å². The zero-order valence-corrected chi connectivity index (χ0v) is 8.82. The van der Waals surface area contributed by atoms with Crippen LogP contribution in [0.15, 0.2) is 0 Å². The number of carbonyl (C=O) groups excluding carboxylic acids is 1. The lowest BCUT2D eigenvalue weighted by Crippen LogP contribution is -2.47. The minimum atomic E-state index is -1.04. The van der Waals surface area contributed by atoms with Crippen molar-refractivity contribution >= 4 is 11.9 Å². The molecule has 1 aliphatic rings. The molecule has 1 amide bonds. The van der Waals surface area contributed by atoms with Crippen LogP contribution in [0.25, 0.3) is 0 Å². The van der Waals surface area contributed by atoms with Gasteiger partial charge in [0.2, 0.25) is 5.91 Å². The van der Waals surface area contributed by atoms with Crippen LogP contribution >= 0.6 is 0 Å². The number of hydrogen-bond donors (Lipinski definition) is 3. The predicted octanol–water partition coefficient (Wildman–Crippen LogP) is -1.19. The van der Waals surface area contributed by atoms with Crippen LogP contribution in [-0.2, 0) is 14.3 Å². The minimum absolute atomic E-state index is 0.0361. The molecule has 3 N–H and O–H groups in total. The van der Waals surface area contributed by atoms with Crippen molar-refractivity contribution in [3.63, 3.8) is 0 Å². The van der Waals surface area contributed by atoms with Gasteiger partial charge in [-0.3, -0.25) is 9.59 Å². The van der Waals surface area contributed by atoms with E-state index in [1.54, 1.807) is 7.05 Å². The zero-order chi connectivity index (χ0) is 11.4. The van der Waals surface area contributed by atoms with Crippen LogP contribution in [0, 0.1) is 5.92 Å². The molecule has 6 nitrogen and oxygen atoms in total. The molecule has 0 aromatic carbocycles. The van der Waals surface area contributed by atoms with Crippen molar-refractivity contribution in [1.29, 1.82) is 0 Å². The molecule has 0 saturated carbocycles. The van der Waals surface area contributed by atoms with Gasteiger partial charge in [-0.2, -0.15) is 0 Å². The summed E-state index contributed by atoms with van der Waals surface area (Å²) in [5, 5.41) is 14.0. The lowest BCUT2D eigenvalue weighted by molar-refractivity contribution is -0.142. The van der Waals surface area contributed by atoms with E-state index in [2.05, 4.69) is 10.6 Å². The number of likely N-dealkylation sites (N-methyl/N-ethyl adjacent to an activating group) is 1. The van der Waals surface area contributed by atoms with Gasteiger partial charge in [-0.15, -0.1) is 0 Å². The Bertz CT molecular complexity index is 256. The highest BCUT2D eigenvalue weighted by molar-refractivity contribution is 5.85. The predicted molar refractivity (Wildman–Crippen MR) is 52.4 cm³/mol. The molecule has 0 radical (unpaired) electrons. The number of ether oxygens (including phenoxy) is 1. The number of carbonyl (C=O) groups is 2. The van der Waals surface area contributed by atoms with Crippen LogP contribution in [0.3, 0.4) is 0 Å². The smallest absolute Gasteiger partial charge is 0.325 e. The number of carboxylic acids is 1. The molecule has 3 atom stereocenters. The third-order valence-corrected chi connectivity index (χ3v) is 2.52. The average Bonchev–Trinajstić information content (AvgIpc) is 2.64. The Kier molecular flexibility index (Phi) is 4.05. The van der Waals surface area contributed by atoms with E-state index in [9.17, 15) is 9.59 Å². The topological polar surface area (TPSA) is 87.7 Å². The molecule has 0 bridgehead atoms. The SMILES string of the molecule is CNC1COCC1C(=O)NC(C)C(=O)O. The summed E-state index contributed by atoms with van der Waals surface area (Å²) in [7, 11) is 1.75. The Morgan fingerprint density at radius 1 is 1.47 bits per heavy atom. The number of carboxylic acid groups (broad SMARTS) is 1. The summed E-state index contributed by atoms with van der Waals surface area (Å²) in [5.74, 6) is -1.62. The van der Waals surface area contributed by atoms with Crippen molar-refractivity contribution < 1.29 is 19.4 Å². The number of amides is 1. The van der Waals surface area contributed by atoms with Gasteiger partial charge in [-0.25, -0.2) is 0 Å². The van der Waals surface area contributed by atoms with Gasteiger partial charge in [0, 0.05) is 6.04 Å². The molecule has 1 aliphatic heterocycles. The van der Waals surface area contributed by atoms with Gasteiger partial charge in [-0.05, 0) is 14.0 Å². The normalized spacial score (nSPS) is 27.3. The van der Waals surface area contributed by atoms with E-state index < -0.39 is 12.0 Å². The molecule has 1 heterocycles. The second-order valence-corrected chi connectivity index (χ2v) is 3.61. The van der Waals surface area contributed by atoms with E-state index in [0.29, 0.717) is 13.2 Å². The average molecular weight is 216 g/mol. The quantitative estimate of drug-likeness (QED) is 0.550. The molecule has 1 fully saturated rings. The Morgan fingerprint density at radius 2 is 2.13 bits per heavy atom. The molecule has 1 rings (SSSR count). The fourth-order valence-corrected chi connectivity index (χ4v) is 1.48. The largest absolute Gasteiger partial charge is 0.480 e. The lowest BCUT2D eigenvalue weighted by atomic mass is 10.0. The van der Waals surface area contributed by atoms with Crippen LogP contribution < -0.4 is 10.6 Å². The van der Waals surface area contributed by atoms with Crippen LogP contribution in [0.5, 0.6) is 0 Å². The summed E-state index contributed by atoms with van der Waals surface area (Å²) in [6.45, 7) is 2.25. The van der Waals surface area contributed by atoms with E-state index in [4.69, 9.17) is 9.84 Å². The maximum absolute atomic E-state index is 11.6. The highest BCUT2D eigenvalue weighted by Crippen LogP contribution is 2.13. The monoisotopic (exact) mass is 216 g/mol. The summed E-state index contributed by atoms with van der Waals surface area (Å²) in [4.78, 5) is 22.2. The van der Waals surface area contributed by atoms with Gasteiger partial charge in [0.1, 0.15) is 6.04 Å². The standard InChI is InChI=1S/C9H16N2O4/c1-5(9(13)14)11-8(12)6-3-15-4-7(6)10-2/h5-7,10H,3-4H2,1-2H3,(H,11,12)(H,13,14). The summed E-state index contributed by atoms with van der Waals surface area (Å²) in [6.07, 6.45) is 0. The highest BCUT2D eigenvalue weighted by Gasteiger charge is 2.34. The number of aliphatic carboxylic acids is 1. The summed E-state index contributed by atoms with van der Waals surface area (Å²) >= 11 is 0. The Labute approximate surface area is 88.0 Å². The van der Waals surface area contributed by atoms with Gasteiger partial charge >= 0.3 is 5.97 Å². The fraction of sp³-hybridized carbons (Fsp3) is 0.778. The molecule has 3 unspecified atom stereocenters. The van der Waals surface area contributed by atoms with Crippen molar-refractivity contribution in [1.82, 2.24) is 10.6 Å². The molecule has 6 heteroatoms. The minimum Gasteiger partial charge on any atom is -0.480 e. The Balaban J connectivity index is 2.49. The van der Waals surface area contributed by atoms with Crippen LogP contribution in [0.1, 0.15) is 6.92 Å². The first kappa shape index (κ1) is 11.9. The van der Waals surface area contributed by atoms with E-state index >= 15 is 0 Å². The third kappa shape index (κ3) is 2.90. The van der Waals surface area contributed by atoms with Gasteiger partial charge in [0.25, 0.3) is 0 Å². The van der Waals surface area contributed by atoms with E-state index in [-0.39, 0.29) is 17.9 Å². The van der Waals surface area contributed by atoms with Gasteiger partial charge < -0.3 is 20.5 Å². The molecule has 0 aromatic heterocycles. The maximum Gasteiger partial charge on any atom is 0.325 e. The fourth-order valence-electron chi connectivity index (χ4n) is 1.48. The van der Waals surface area contributed by atoms with E-state index in [1.165, 1.54) is 6.92 Å². The molecular weight excluding hydrogens is 200 g/mol. The molecule has 15 heavy (non-hydrogen) atoms. The van der Waals surface area contributed by atoms with E-state index in [1.807, 2.05) is 0 Å². The maximum atomic E-state index is 11.6. The summed E-state index contributed by atoms with van der Waals surface area (Å²) in [5.41, 5.74) is 0. The first-order chi connectivity index (χ1) is 7.06. The molecule has 86 valence electrons. The van der Waals surface area contributed by atoms with Crippen molar-refractivity contribution in [3.05, 3.63) is 0 Å². The Hall–Kier alpha value is -1.14. The summed E-state index contributed by atoms with van der Waals surface area (Å²) in [6, 6.07) is -0.901. The number of rotatable bonds is 4. The highest BCUT2D eigenvalue weighted by atomic mass is 16.5. The molecule has 0 aliphatic carbocycles. The first-order valence-corrected chi connectivity index (χ1v) is 4.84. The zero-order valence-electron chi connectivity index (χ0n) is 8.82. The molecule has 1 saturated heterocycles. The van der Waals surface area contributed by atoms with Crippen LogP contribution in [0.2, 0.25) is 0 Å². The number of nitrogens with one attached hydrogen (secondary N) is 2. The van der Waals surface area contributed by atoms with Crippen molar-refractivity contribution in [2.75, 3.05) is 20.3 Å². The van der Waals surface area contributed by atoms with E-state index in [0.717, 1.165) is 0 Å². The second kappa shape index (κ2) is 5.09. The van der Waals surface area contributed by atoms with Crippen molar-refractivity contribution in [2.24, 2.45) is 5.92 Å². The third-order valence-electron chi connectivity index (χ3n) is 2.52. The second-order valence-electron chi connectivity index (χ2n) is 3.61. The van der Waals surface area contributed by atoms with Gasteiger partial charge in [0.05, 0.1) is 19.1 Å². The van der Waals surface area contributed by atoms with Crippen LogP contribution in [-0.4, -0.2) is 49.3 Å². The Morgan fingerprint density at radius 3 is 2.67 bits per heavy atom.